The summed E-state index contributed by atoms with van der Waals surface area (Å²) in [5.41, 5.74) is 0. The molecule has 0 radical (unpaired) electrons. The molecule has 1 atom stereocenters. The molecule has 0 heterocycles. The van der Waals surface area contributed by atoms with E-state index >= 15 is 0 Å². The third-order valence-corrected chi connectivity index (χ3v) is 1.94. The Hall–Kier alpha value is -0.610. The van der Waals surface area contributed by atoms with Gasteiger partial charge < -0.3 is 14.9 Å². The number of rotatable bonds is 8. The number of ether oxygens (including phenoxy) is 1. The molecule has 2 N–H and O–H groups in total. The maximum absolute atomic E-state index is 10.8. The molecule has 0 aliphatic rings. The Morgan fingerprint density at radius 1 is 1.29 bits per heavy atom. The van der Waals surface area contributed by atoms with Gasteiger partial charge in [-0.25, -0.2) is 4.79 Å². The highest BCUT2D eigenvalue weighted by molar-refractivity contribution is 5.74. The zero-order valence-electron chi connectivity index (χ0n) is 8.74. The Kier molecular flexibility index (Phi) is 8.57. The Morgan fingerprint density at radius 2 is 1.93 bits per heavy atom. The topological polar surface area (TPSA) is 66.8 Å². The molecule has 4 heteroatoms. The van der Waals surface area contributed by atoms with E-state index < -0.39 is 18.7 Å². The van der Waals surface area contributed by atoms with Crippen molar-refractivity contribution in [1.29, 1.82) is 0 Å². The minimum Gasteiger partial charge on any atom is -0.464 e. The summed E-state index contributed by atoms with van der Waals surface area (Å²) in [4.78, 5) is 10.8. The molecule has 0 aromatic heterocycles. The first-order chi connectivity index (χ1) is 6.72. The van der Waals surface area contributed by atoms with Crippen molar-refractivity contribution in [2.24, 2.45) is 0 Å². The zero-order chi connectivity index (χ0) is 10.8. The fraction of sp³-hybridized carbons (Fsp3) is 0.900. The smallest absolute Gasteiger partial charge is 0.337 e. The second-order valence-electron chi connectivity index (χ2n) is 3.28. The van der Waals surface area contributed by atoms with E-state index in [9.17, 15) is 4.79 Å². The number of hydrogen-bond acceptors (Lipinski definition) is 4. The van der Waals surface area contributed by atoms with Gasteiger partial charge in [0.2, 0.25) is 0 Å². The molecule has 0 aliphatic heterocycles. The van der Waals surface area contributed by atoms with E-state index in [0.29, 0.717) is 6.61 Å². The molecule has 14 heavy (non-hydrogen) atoms. The number of aliphatic hydroxyl groups excluding tert-OH is 2. The van der Waals surface area contributed by atoms with Crippen LogP contribution in [0.4, 0.5) is 0 Å². The quantitative estimate of drug-likeness (QED) is 0.454. The van der Waals surface area contributed by atoms with E-state index in [-0.39, 0.29) is 0 Å². The molecule has 0 spiro atoms. The number of unbranched alkanes of at least 4 members (excludes halogenated alkanes) is 4. The average Bonchev–Trinajstić information content (AvgIpc) is 2.21. The van der Waals surface area contributed by atoms with Gasteiger partial charge in [-0.2, -0.15) is 0 Å². The largest absolute Gasteiger partial charge is 0.464 e. The van der Waals surface area contributed by atoms with Gasteiger partial charge in [-0.3, -0.25) is 0 Å². The molecule has 0 aromatic carbocycles. The standard InChI is InChI=1S/C10H20O4/c1-2-3-4-5-6-7-14-10(13)9(12)8-11/h9,11-12H,2-8H2,1H3/t9-/m0/s1. The number of carbonyl (C=O) groups is 1. The second kappa shape index (κ2) is 8.97. The van der Waals surface area contributed by atoms with Crippen LogP contribution in [0.25, 0.3) is 0 Å². The van der Waals surface area contributed by atoms with Crippen molar-refractivity contribution in [2.75, 3.05) is 13.2 Å². The Labute approximate surface area is 84.9 Å². The minimum atomic E-state index is -1.38. The Morgan fingerprint density at radius 3 is 2.50 bits per heavy atom. The molecule has 4 nitrogen and oxygen atoms in total. The van der Waals surface area contributed by atoms with Crippen molar-refractivity contribution in [3.8, 4) is 0 Å². The lowest BCUT2D eigenvalue weighted by atomic mass is 10.2. The van der Waals surface area contributed by atoms with Crippen LogP contribution in [0.5, 0.6) is 0 Å². The lowest BCUT2D eigenvalue weighted by Crippen LogP contribution is -2.26. The summed E-state index contributed by atoms with van der Waals surface area (Å²) in [7, 11) is 0. The lowest BCUT2D eigenvalue weighted by Gasteiger charge is -2.07. The molecular weight excluding hydrogens is 184 g/mol. The summed E-state index contributed by atoms with van der Waals surface area (Å²) in [6.45, 7) is 1.89. The SMILES string of the molecule is CCCCCCCOC(=O)[C@@H](O)CO. The van der Waals surface area contributed by atoms with E-state index in [4.69, 9.17) is 14.9 Å². The molecule has 0 aliphatic carbocycles. The predicted molar refractivity (Wildman–Crippen MR) is 52.8 cm³/mol. The molecule has 0 fully saturated rings. The zero-order valence-corrected chi connectivity index (χ0v) is 8.74. The molecule has 0 unspecified atom stereocenters. The minimum absolute atomic E-state index is 0.333. The van der Waals surface area contributed by atoms with Gasteiger partial charge in [-0.1, -0.05) is 32.6 Å². The van der Waals surface area contributed by atoms with Crippen molar-refractivity contribution in [2.45, 2.75) is 45.1 Å². The lowest BCUT2D eigenvalue weighted by molar-refractivity contribution is -0.155. The van der Waals surface area contributed by atoms with Gasteiger partial charge in [0.25, 0.3) is 0 Å². The van der Waals surface area contributed by atoms with Gasteiger partial charge in [-0.05, 0) is 6.42 Å². The third-order valence-electron chi connectivity index (χ3n) is 1.94. The monoisotopic (exact) mass is 204 g/mol. The van der Waals surface area contributed by atoms with Crippen molar-refractivity contribution >= 4 is 5.97 Å². The maximum Gasteiger partial charge on any atom is 0.337 e. The molecule has 0 saturated heterocycles. The van der Waals surface area contributed by atoms with E-state index in [0.717, 1.165) is 19.3 Å². The van der Waals surface area contributed by atoms with Crippen LogP contribution in [0.3, 0.4) is 0 Å². The third kappa shape index (κ3) is 6.86. The van der Waals surface area contributed by atoms with Gasteiger partial charge in [-0.15, -0.1) is 0 Å². The van der Waals surface area contributed by atoms with Crippen molar-refractivity contribution in [1.82, 2.24) is 0 Å². The van der Waals surface area contributed by atoms with Crippen LogP contribution in [-0.4, -0.2) is 35.5 Å². The first kappa shape index (κ1) is 13.4. The number of carbonyl (C=O) groups excluding carboxylic acids is 1. The van der Waals surface area contributed by atoms with Crippen molar-refractivity contribution < 1.29 is 19.7 Å². The van der Waals surface area contributed by atoms with Gasteiger partial charge in [0.05, 0.1) is 13.2 Å². The molecule has 0 amide bonds. The first-order valence-electron chi connectivity index (χ1n) is 5.18. The number of hydrogen-bond donors (Lipinski definition) is 2. The summed E-state index contributed by atoms with van der Waals surface area (Å²) < 4.78 is 4.73. The van der Waals surface area contributed by atoms with E-state index in [2.05, 4.69) is 6.92 Å². The van der Waals surface area contributed by atoms with Crippen LogP contribution >= 0.6 is 0 Å². The van der Waals surface area contributed by atoms with Crippen LogP contribution in [0.15, 0.2) is 0 Å². The highest BCUT2D eigenvalue weighted by Gasteiger charge is 2.14. The summed E-state index contributed by atoms with van der Waals surface area (Å²) in [5.74, 6) is -0.733. The van der Waals surface area contributed by atoms with Gasteiger partial charge in [0, 0.05) is 0 Å². The highest BCUT2D eigenvalue weighted by Crippen LogP contribution is 2.02. The molecule has 0 aromatic rings. The predicted octanol–water partition coefficient (Wildman–Crippen LogP) is 0.853. The Bertz CT molecular complexity index is 147. The number of aliphatic hydroxyl groups is 2. The van der Waals surface area contributed by atoms with Crippen molar-refractivity contribution in [3.63, 3.8) is 0 Å². The first-order valence-corrected chi connectivity index (χ1v) is 5.18. The summed E-state index contributed by atoms with van der Waals surface area (Å²) in [6.07, 6.45) is 4.01. The second-order valence-corrected chi connectivity index (χ2v) is 3.28. The van der Waals surface area contributed by atoms with Crippen LogP contribution in [0.1, 0.15) is 39.0 Å². The number of esters is 1. The van der Waals surface area contributed by atoms with Gasteiger partial charge >= 0.3 is 5.97 Å². The molecular formula is C10H20O4. The maximum atomic E-state index is 10.8. The normalized spacial score (nSPS) is 12.5. The van der Waals surface area contributed by atoms with Gasteiger partial charge in [0.1, 0.15) is 0 Å². The van der Waals surface area contributed by atoms with E-state index in [1.165, 1.54) is 12.8 Å². The van der Waals surface area contributed by atoms with E-state index in [1.807, 2.05) is 0 Å². The van der Waals surface area contributed by atoms with Crippen LogP contribution < -0.4 is 0 Å². The van der Waals surface area contributed by atoms with E-state index in [1.54, 1.807) is 0 Å². The van der Waals surface area contributed by atoms with Crippen LogP contribution in [-0.2, 0) is 9.53 Å². The van der Waals surface area contributed by atoms with Crippen LogP contribution in [0.2, 0.25) is 0 Å². The highest BCUT2D eigenvalue weighted by atomic mass is 16.5. The molecule has 0 rings (SSSR count). The molecule has 0 saturated carbocycles. The van der Waals surface area contributed by atoms with Crippen molar-refractivity contribution in [3.05, 3.63) is 0 Å². The summed E-state index contributed by atoms with van der Waals surface area (Å²) in [6, 6.07) is 0. The Balaban J connectivity index is 3.23. The van der Waals surface area contributed by atoms with Crippen LogP contribution in [0, 0.1) is 0 Å². The summed E-state index contributed by atoms with van der Waals surface area (Å²) >= 11 is 0. The summed E-state index contributed by atoms with van der Waals surface area (Å²) in [5, 5.41) is 17.3. The fourth-order valence-corrected chi connectivity index (χ4v) is 1.05. The van der Waals surface area contributed by atoms with Gasteiger partial charge in [0.15, 0.2) is 6.10 Å². The fourth-order valence-electron chi connectivity index (χ4n) is 1.05. The molecule has 0 bridgehead atoms. The molecule has 84 valence electrons. The average molecular weight is 204 g/mol.